The maximum absolute atomic E-state index is 12.2. The van der Waals surface area contributed by atoms with Gasteiger partial charge in [0.05, 0.1) is 6.04 Å². The fourth-order valence-electron chi connectivity index (χ4n) is 2.59. The van der Waals surface area contributed by atoms with Gasteiger partial charge in [0.15, 0.2) is 0 Å². The molecule has 3 rings (SSSR count). The average molecular weight is 337 g/mol. The summed E-state index contributed by atoms with van der Waals surface area (Å²) in [6.45, 7) is 2.16. The number of ether oxygens (including phenoxy) is 2. The molecule has 1 aliphatic heterocycles. The third kappa shape index (κ3) is 4.47. The second-order valence-corrected chi connectivity index (χ2v) is 5.86. The molecule has 2 unspecified atom stereocenters. The first-order chi connectivity index (χ1) is 12.1. The van der Waals surface area contributed by atoms with Gasteiger partial charge in [-0.25, -0.2) is 9.59 Å². The van der Waals surface area contributed by atoms with Crippen molar-refractivity contribution in [2.45, 2.75) is 25.7 Å². The molecule has 25 heavy (non-hydrogen) atoms. The summed E-state index contributed by atoms with van der Waals surface area (Å²) < 4.78 is 10.5. The fourth-order valence-corrected chi connectivity index (χ4v) is 2.59. The number of alkyl carbamates (subject to hydrolysis) is 1. The predicted octanol–water partition coefficient (Wildman–Crippen LogP) is 3.44. The number of carbonyl (C=O) groups is 2. The number of nitrogens with one attached hydrogen (secondary N) is 1. The lowest BCUT2D eigenvalue weighted by Gasteiger charge is -2.23. The highest BCUT2D eigenvalue weighted by atomic mass is 16.6. The van der Waals surface area contributed by atoms with E-state index in [9.17, 15) is 9.59 Å². The van der Waals surface area contributed by atoms with Crippen molar-refractivity contribution in [3.63, 3.8) is 0 Å². The van der Waals surface area contributed by atoms with Crippen LogP contribution in [0.15, 0.2) is 66.7 Å². The van der Waals surface area contributed by atoms with Crippen LogP contribution in [0.2, 0.25) is 0 Å². The molecule has 5 nitrogen and oxygen atoms in total. The molecule has 0 saturated carbocycles. The van der Waals surface area contributed by atoms with Gasteiger partial charge < -0.3 is 14.8 Å². The molecule has 0 fully saturated rings. The van der Waals surface area contributed by atoms with Crippen molar-refractivity contribution in [2.24, 2.45) is 0 Å². The molecule has 1 amide bonds. The van der Waals surface area contributed by atoms with Gasteiger partial charge in [0, 0.05) is 6.08 Å². The summed E-state index contributed by atoms with van der Waals surface area (Å²) in [5.74, 6) is -0.415. The second-order valence-electron chi connectivity index (χ2n) is 5.86. The zero-order valence-corrected chi connectivity index (χ0v) is 13.8. The van der Waals surface area contributed by atoms with Crippen LogP contribution in [0.1, 0.15) is 22.7 Å². The largest absolute Gasteiger partial charge is 0.452 e. The molecule has 0 bridgehead atoms. The van der Waals surface area contributed by atoms with Crippen LogP contribution in [0.5, 0.6) is 0 Å². The average Bonchev–Trinajstić information content (AvgIpc) is 3.06. The van der Waals surface area contributed by atoms with Crippen molar-refractivity contribution in [2.75, 3.05) is 0 Å². The van der Waals surface area contributed by atoms with Crippen molar-refractivity contribution in [1.82, 2.24) is 5.32 Å². The molecule has 1 N–H and O–H groups in total. The van der Waals surface area contributed by atoms with Gasteiger partial charge >= 0.3 is 12.1 Å². The van der Waals surface area contributed by atoms with Crippen molar-refractivity contribution < 1.29 is 19.1 Å². The molecule has 1 heterocycles. The molecule has 1 aliphatic rings. The van der Waals surface area contributed by atoms with Gasteiger partial charge in [0.25, 0.3) is 0 Å². The number of amides is 1. The van der Waals surface area contributed by atoms with E-state index < -0.39 is 24.2 Å². The van der Waals surface area contributed by atoms with Crippen molar-refractivity contribution in [1.29, 1.82) is 0 Å². The van der Waals surface area contributed by atoms with Crippen LogP contribution in [0.3, 0.4) is 0 Å². The molecule has 0 saturated heterocycles. The van der Waals surface area contributed by atoms with Crippen LogP contribution < -0.4 is 5.32 Å². The number of hydrogen-bond acceptors (Lipinski definition) is 4. The molecule has 2 aromatic carbocycles. The molecular formula is C20H19NO4. The summed E-state index contributed by atoms with van der Waals surface area (Å²) in [6, 6.07) is 16.6. The van der Waals surface area contributed by atoms with Gasteiger partial charge in [0.2, 0.25) is 0 Å². The van der Waals surface area contributed by atoms with Crippen LogP contribution in [0.4, 0.5) is 4.79 Å². The molecule has 0 aromatic heterocycles. The van der Waals surface area contributed by atoms with Crippen molar-refractivity contribution in [3.8, 4) is 0 Å². The molecule has 0 radical (unpaired) electrons. The number of carbonyl (C=O) groups excluding carboxylic acids is 2. The highest BCUT2D eigenvalue weighted by Crippen LogP contribution is 2.24. The topological polar surface area (TPSA) is 64.6 Å². The summed E-state index contributed by atoms with van der Waals surface area (Å²) in [5, 5.41) is 2.80. The van der Waals surface area contributed by atoms with E-state index in [0.717, 1.165) is 16.7 Å². The summed E-state index contributed by atoms with van der Waals surface area (Å²) in [4.78, 5) is 23.6. The predicted molar refractivity (Wildman–Crippen MR) is 92.7 cm³/mol. The Bertz CT molecular complexity index is 768. The molecule has 5 heteroatoms. The summed E-state index contributed by atoms with van der Waals surface area (Å²) in [6.07, 6.45) is 1.89. The van der Waals surface area contributed by atoms with Crippen LogP contribution in [-0.4, -0.2) is 18.2 Å². The minimum absolute atomic E-state index is 0.174. The van der Waals surface area contributed by atoms with Crippen molar-refractivity contribution >= 4 is 12.1 Å². The molecule has 0 spiro atoms. The van der Waals surface area contributed by atoms with Crippen LogP contribution in [-0.2, 0) is 20.9 Å². The Kier molecular flexibility index (Phi) is 5.14. The van der Waals surface area contributed by atoms with Gasteiger partial charge in [-0.2, -0.15) is 0 Å². The number of cyclic esters (lactones) is 1. The number of esters is 1. The SMILES string of the molecule is Cc1ccc(C(NC(=O)OCc2ccccc2)C2C=CC(=O)O2)cc1. The Morgan fingerprint density at radius 3 is 2.52 bits per heavy atom. The maximum atomic E-state index is 12.2. The van der Waals surface area contributed by atoms with Crippen molar-refractivity contribution in [3.05, 3.63) is 83.4 Å². The lowest BCUT2D eigenvalue weighted by Crippen LogP contribution is -2.36. The number of benzene rings is 2. The Hall–Kier alpha value is -3.08. The molecular weight excluding hydrogens is 318 g/mol. The summed E-state index contributed by atoms with van der Waals surface area (Å²) in [7, 11) is 0. The Morgan fingerprint density at radius 1 is 1.16 bits per heavy atom. The molecule has 0 aliphatic carbocycles. The van der Waals surface area contributed by atoms with E-state index in [0.29, 0.717) is 0 Å². The van der Waals surface area contributed by atoms with Crippen LogP contribution in [0, 0.1) is 6.92 Å². The number of rotatable bonds is 5. The minimum atomic E-state index is -0.564. The first-order valence-electron chi connectivity index (χ1n) is 8.04. The molecule has 128 valence electrons. The standard InChI is InChI=1S/C20H19NO4/c1-14-7-9-16(10-8-14)19(17-11-12-18(22)25-17)21-20(23)24-13-15-5-3-2-4-6-15/h2-12,17,19H,13H2,1H3,(H,21,23). The quantitative estimate of drug-likeness (QED) is 0.849. The van der Waals surface area contributed by atoms with E-state index >= 15 is 0 Å². The first-order valence-corrected chi connectivity index (χ1v) is 8.04. The summed E-state index contributed by atoms with van der Waals surface area (Å²) in [5.41, 5.74) is 2.84. The van der Waals surface area contributed by atoms with E-state index in [1.54, 1.807) is 6.08 Å². The minimum Gasteiger partial charge on any atom is -0.452 e. The normalized spacial score (nSPS) is 17.0. The Balaban J connectivity index is 1.68. The van der Waals surface area contributed by atoms with E-state index in [-0.39, 0.29) is 6.61 Å². The first kappa shape index (κ1) is 16.8. The number of aryl methyl sites for hydroxylation is 1. The highest BCUT2D eigenvalue weighted by molar-refractivity contribution is 5.84. The van der Waals surface area contributed by atoms with Gasteiger partial charge in [-0.3, -0.25) is 0 Å². The van der Waals surface area contributed by atoms with E-state index in [4.69, 9.17) is 9.47 Å². The molecule has 2 aromatic rings. The van der Waals surface area contributed by atoms with E-state index in [1.165, 1.54) is 6.08 Å². The zero-order valence-electron chi connectivity index (χ0n) is 13.8. The van der Waals surface area contributed by atoms with E-state index in [1.807, 2.05) is 61.5 Å². The fraction of sp³-hybridized carbons (Fsp3) is 0.200. The zero-order chi connectivity index (χ0) is 17.6. The van der Waals surface area contributed by atoms with Gasteiger partial charge in [-0.05, 0) is 24.1 Å². The smallest absolute Gasteiger partial charge is 0.408 e. The van der Waals surface area contributed by atoms with Gasteiger partial charge in [0.1, 0.15) is 12.7 Å². The van der Waals surface area contributed by atoms with E-state index in [2.05, 4.69) is 5.32 Å². The third-order valence-corrected chi connectivity index (χ3v) is 3.93. The monoisotopic (exact) mass is 337 g/mol. The third-order valence-electron chi connectivity index (χ3n) is 3.93. The van der Waals surface area contributed by atoms with Gasteiger partial charge in [-0.1, -0.05) is 60.2 Å². The summed E-state index contributed by atoms with van der Waals surface area (Å²) >= 11 is 0. The van der Waals surface area contributed by atoms with Crippen LogP contribution >= 0.6 is 0 Å². The lowest BCUT2D eigenvalue weighted by atomic mass is 10.0. The lowest BCUT2D eigenvalue weighted by molar-refractivity contribution is -0.139. The Morgan fingerprint density at radius 2 is 1.88 bits per heavy atom. The highest BCUT2D eigenvalue weighted by Gasteiger charge is 2.29. The number of hydrogen-bond donors (Lipinski definition) is 1. The second kappa shape index (κ2) is 7.66. The van der Waals surface area contributed by atoms with Crippen LogP contribution in [0.25, 0.3) is 0 Å². The maximum Gasteiger partial charge on any atom is 0.408 e. The Labute approximate surface area is 146 Å². The molecule has 2 atom stereocenters. The van der Waals surface area contributed by atoms with Gasteiger partial charge in [-0.15, -0.1) is 0 Å².